The van der Waals surface area contributed by atoms with Crippen molar-refractivity contribution in [1.82, 2.24) is 9.88 Å². The number of pyridine rings is 1. The van der Waals surface area contributed by atoms with E-state index in [9.17, 15) is 9.59 Å². The fourth-order valence-corrected chi connectivity index (χ4v) is 3.14. The molecule has 3 rings (SSSR count). The first-order valence-corrected chi connectivity index (χ1v) is 8.88. The zero-order valence-electron chi connectivity index (χ0n) is 14.5. The topological polar surface area (TPSA) is 62.4 Å². The predicted octanol–water partition coefficient (Wildman–Crippen LogP) is 3.07. The molecule has 0 aliphatic carbocycles. The van der Waals surface area contributed by atoms with E-state index in [0.717, 1.165) is 24.8 Å². The summed E-state index contributed by atoms with van der Waals surface area (Å²) in [5, 5.41) is 0. The summed E-state index contributed by atoms with van der Waals surface area (Å²) >= 11 is 0. The van der Waals surface area contributed by atoms with Crippen molar-refractivity contribution < 1.29 is 9.53 Å². The molecule has 25 heavy (non-hydrogen) atoms. The third-order valence-electron chi connectivity index (χ3n) is 4.45. The molecule has 0 radical (unpaired) electrons. The van der Waals surface area contributed by atoms with E-state index >= 15 is 0 Å². The van der Waals surface area contributed by atoms with Crippen LogP contribution in [0.3, 0.4) is 0 Å². The minimum Gasteiger partial charge on any atom is -0.376 e. The Balaban J connectivity index is 1.75. The first-order chi connectivity index (χ1) is 12.2. The largest absolute Gasteiger partial charge is 0.376 e. The second-order valence-corrected chi connectivity index (χ2v) is 6.37. The Kier molecular flexibility index (Phi) is 5.66. The average Bonchev–Trinajstić information content (AvgIpc) is 2.66. The van der Waals surface area contributed by atoms with Crippen LogP contribution in [0.4, 0.5) is 0 Å². The standard InChI is InChI=1S/C20H24N2O3/c1-2-13-25-16-9-6-12-22(14-16)20(24)17-10-11-18(21-19(17)23)15-7-4-3-5-8-15/h3-5,7-8,10-11,16H,2,6,9,12-14H2,1H3,(H,21,23)/t16-/m0/s1. The van der Waals surface area contributed by atoms with Crippen molar-refractivity contribution in [2.45, 2.75) is 32.3 Å². The number of carbonyl (C=O) groups is 1. The van der Waals surface area contributed by atoms with Gasteiger partial charge in [0, 0.05) is 25.4 Å². The molecule has 5 heteroatoms. The molecule has 5 nitrogen and oxygen atoms in total. The minimum atomic E-state index is -0.344. The predicted molar refractivity (Wildman–Crippen MR) is 97.7 cm³/mol. The lowest BCUT2D eigenvalue weighted by atomic mass is 10.1. The van der Waals surface area contributed by atoms with Gasteiger partial charge in [-0.2, -0.15) is 0 Å². The Labute approximate surface area is 147 Å². The van der Waals surface area contributed by atoms with E-state index in [1.165, 1.54) is 0 Å². The number of benzene rings is 1. The number of hydrogen-bond donors (Lipinski definition) is 1. The molecule has 1 amide bonds. The van der Waals surface area contributed by atoms with Gasteiger partial charge >= 0.3 is 0 Å². The van der Waals surface area contributed by atoms with Crippen LogP contribution in [0, 0.1) is 0 Å². The Bertz CT molecular complexity index is 770. The Morgan fingerprint density at radius 2 is 2.04 bits per heavy atom. The molecule has 1 N–H and O–H groups in total. The normalized spacial score (nSPS) is 17.5. The molecule has 2 heterocycles. The smallest absolute Gasteiger partial charge is 0.261 e. The number of rotatable bonds is 5. The number of likely N-dealkylation sites (tertiary alicyclic amines) is 1. The molecule has 0 spiro atoms. The van der Waals surface area contributed by atoms with Crippen LogP contribution < -0.4 is 5.56 Å². The van der Waals surface area contributed by atoms with Gasteiger partial charge in [0.25, 0.3) is 11.5 Å². The summed E-state index contributed by atoms with van der Waals surface area (Å²) < 4.78 is 5.78. The Hall–Kier alpha value is -2.40. The molecular weight excluding hydrogens is 316 g/mol. The number of carbonyl (C=O) groups excluding carboxylic acids is 1. The van der Waals surface area contributed by atoms with Gasteiger partial charge in [-0.05, 0) is 37.0 Å². The monoisotopic (exact) mass is 340 g/mol. The zero-order valence-corrected chi connectivity index (χ0v) is 14.5. The maximum atomic E-state index is 12.7. The van der Waals surface area contributed by atoms with E-state index in [2.05, 4.69) is 11.9 Å². The average molecular weight is 340 g/mol. The number of aromatic amines is 1. The summed E-state index contributed by atoms with van der Waals surface area (Å²) in [4.78, 5) is 29.7. The van der Waals surface area contributed by atoms with E-state index in [1.54, 1.807) is 17.0 Å². The van der Waals surface area contributed by atoms with E-state index in [0.29, 0.717) is 25.4 Å². The molecule has 1 aliphatic heterocycles. The molecule has 0 bridgehead atoms. The lowest BCUT2D eigenvalue weighted by Gasteiger charge is -2.32. The summed E-state index contributed by atoms with van der Waals surface area (Å²) in [6.45, 7) is 4.00. The minimum absolute atomic E-state index is 0.0697. The van der Waals surface area contributed by atoms with Crippen LogP contribution in [0.25, 0.3) is 11.3 Å². The number of piperidine rings is 1. The maximum Gasteiger partial charge on any atom is 0.261 e. The number of ether oxygens (including phenoxy) is 1. The van der Waals surface area contributed by atoms with Crippen molar-refractivity contribution in [3.8, 4) is 11.3 Å². The molecule has 1 saturated heterocycles. The molecule has 2 aromatic rings. The Morgan fingerprint density at radius 1 is 1.24 bits per heavy atom. The summed E-state index contributed by atoms with van der Waals surface area (Å²) in [7, 11) is 0. The number of amides is 1. The summed E-state index contributed by atoms with van der Waals surface area (Å²) in [6, 6.07) is 13.0. The van der Waals surface area contributed by atoms with Crippen molar-refractivity contribution >= 4 is 5.91 Å². The molecule has 0 saturated carbocycles. The summed E-state index contributed by atoms with van der Waals surface area (Å²) in [5.41, 5.74) is 1.48. The van der Waals surface area contributed by atoms with Gasteiger partial charge < -0.3 is 14.6 Å². The van der Waals surface area contributed by atoms with Crippen molar-refractivity contribution in [3.63, 3.8) is 0 Å². The van der Waals surface area contributed by atoms with E-state index in [4.69, 9.17) is 4.74 Å². The van der Waals surface area contributed by atoms with Crippen molar-refractivity contribution in [1.29, 1.82) is 0 Å². The Morgan fingerprint density at radius 3 is 2.76 bits per heavy atom. The van der Waals surface area contributed by atoms with Gasteiger partial charge in [0.05, 0.1) is 6.10 Å². The van der Waals surface area contributed by atoms with Crippen LogP contribution >= 0.6 is 0 Å². The molecular formula is C20H24N2O3. The SMILES string of the molecule is CCCO[C@H]1CCCN(C(=O)c2ccc(-c3ccccc3)[nH]c2=O)C1. The second kappa shape index (κ2) is 8.12. The van der Waals surface area contributed by atoms with Gasteiger partial charge in [-0.1, -0.05) is 37.3 Å². The van der Waals surface area contributed by atoms with Crippen molar-refractivity contribution in [2.75, 3.05) is 19.7 Å². The van der Waals surface area contributed by atoms with Crippen molar-refractivity contribution in [2.24, 2.45) is 0 Å². The number of nitrogens with zero attached hydrogens (tertiary/aromatic N) is 1. The van der Waals surface area contributed by atoms with Crippen LogP contribution in [0.2, 0.25) is 0 Å². The number of hydrogen-bond acceptors (Lipinski definition) is 3. The quantitative estimate of drug-likeness (QED) is 0.910. The summed E-state index contributed by atoms with van der Waals surface area (Å²) in [6.07, 6.45) is 2.90. The molecule has 1 atom stereocenters. The van der Waals surface area contributed by atoms with Crippen LogP contribution in [-0.4, -0.2) is 41.6 Å². The van der Waals surface area contributed by atoms with E-state index in [-0.39, 0.29) is 23.1 Å². The highest BCUT2D eigenvalue weighted by atomic mass is 16.5. The molecule has 1 aromatic heterocycles. The summed E-state index contributed by atoms with van der Waals surface area (Å²) in [5.74, 6) is -0.217. The fourth-order valence-electron chi connectivity index (χ4n) is 3.14. The second-order valence-electron chi connectivity index (χ2n) is 6.37. The van der Waals surface area contributed by atoms with Gasteiger partial charge in [-0.15, -0.1) is 0 Å². The van der Waals surface area contributed by atoms with E-state index in [1.807, 2.05) is 30.3 Å². The number of aromatic nitrogens is 1. The molecule has 1 aromatic carbocycles. The third-order valence-corrected chi connectivity index (χ3v) is 4.45. The van der Waals surface area contributed by atoms with Gasteiger partial charge in [-0.3, -0.25) is 9.59 Å². The number of H-pyrrole nitrogens is 1. The van der Waals surface area contributed by atoms with Gasteiger partial charge in [-0.25, -0.2) is 0 Å². The fraction of sp³-hybridized carbons (Fsp3) is 0.400. The lowest BCUT2D eigenvalue weighted by molar-refractivity contribution is 0.00205. The van der Waals surface area contributed by atoms with Crippen LogP contribution in [0.1, 0.15) is 36.5 Å². The maximum absolute atomic E-state index is 12.7. The molecule has 1 fully saturated rings. The third kappa shape index (κ3) is 4.17. The lowest BCUT2D eigenvalue weighted by Crippen LogP contribution is -2.44. The van der Waals surface area contributed by atoms with Gasteiger partial charge in [0.1, 0.15) is 5.56 Å². The van der Waals surface area contributed by atoms with Gasteiger partial charge in [0.15, 0.2) is 0 Å². The van der Waals surface area contributed by atoms with Crippen LogP contribution in [0.15, 0.2) is 47.3 Å². The van der Waals surface area contributed by atoms with Crippen molar-refractivity contribution in [3.05, 3.63) is 58.4 Å². The highest BCUT2D eigenvalue weighted by Crippen LogP contribution is 2.17. The first-order valence-electron chi connectivity index (χ1n) is 8.88. The number of nitrogens with one attached hydrogen (secondary N) is 1. The highest BCUT2D eigenvalue weighted by molar-refractivity contribution is 5.94. The zero-order chi connectivity index (χ0) is 17.6. The van der Waals surface area contributed by atoms with E-state index < -0.39 is 0 Å². The van der Waals surface area contributed by atoms with Crippen LogP contribution in [0.5, 0.6) is 0 Å². The molecule has 132 valence electrons. The highest BCUT2D eigenvalue weighted by Gasteiger charge is 2.26. The van der Waals surface area contributed by atoms with Gasteiger partial charge in [0.2, 0.25) is 0 Å². The molecule has 0 unspecified atom stereocenters. The van der Waals surface area contributed by atoms with Crippen LogP contribution in [-0.2, 0) is 4.74 Å². The molecule has 1 aliphatic rings. The first kappa shape index (κ1) is 17.4.